The van der Waals surface area contributed by atoms with Crippen LogP contribution in [0.4, 0.5) is 0 Å². The zero-order valence-corrected chi connectivity index (χ0v) is 8.90. The summed E-state index contributed by atoms with van der Waals surface area (Å²) in [6.07, 6.45) is -5.03. The van der Waals surface area contributed by atoms with E-state index in [1.165, 1.54) is 0 Å². The molecule has 96 valence electrons. The number of phosphoric ester groups is 1. The van der Waals surface area contributed by atoms with Gasteiger partial charge in [0.2, 0.25) is 5.79 Å². The van der Waals surface area contributed by atoms with E-state index in [0.717, 1.165) is 0 Å². The van der Waals surface area contributed by atoms with Gasteiger partial charge >= 0.3 is 7.82 Å². The van der Waals surface area contributed by atoms with Gasteiger partial charge in [-0.15, -0.1) is 0 Å². The number of hydrogen-bond acceptors (Lipinski definition) is 7. The Labute approximate surface area is 90.1 Å². The van der Waals surface area contributed by atoms with Crippen molar-refractivity contribution in [3.8, 4) is 0 Å². The van der Waals surface area contributed by atoms with Gasteiger partial charge in [-0.2, -0.15) is 0 Å². The molecule has 0 amide bonds. The molecule has 0 aromatic carbocycles. The zero-order valence-electron chi connectivity index (χ0n) is 8.00. The van der Waals surface area contributed by atoms with E-state index in [4.69, 9.17) is 14.9 Å². The van der Waals surface area contributed by atoms with E-state index in [0.29, 0.717) is 0 Å². The summed E-state index contributed by atoms with van der Waals surface area (Å²) in [5.74, 6) is -2.47. The number of phosphoric acid groups is 1. The van der Waals surface area contributed by atoms with Gasteiger partial charge in [-0.25, -0.2) is 4.57 Å². The van der Waals surface area contributed by atoms with Crippen LogP contribution in [0, 0.1) is 0 Å². The second kappa shape index (κ2) is 4.65. The van der Waals surface area contributed by atoms with Crippen molar-refractivity contribution in [3.63, 3.8) is 0 Å². The van der Waals surface area contributed by atoms with Crippen LogP contribution < -0.4 is 0 Å². The van der Waals surface area contributed by atoms with E-state index in [2.05, 4.69) is 9.26 Å². The van der Waals surface area contributed by atoms with E-state index >= 15 is 0 Å². The summed E-state index contributed by atoms with van der Waals surface area (Å²) in [6, 6.07) is 0. The molecule has 6 N–H and O–H groups in total. The SMILES string of the molecule is O=P(O)(O)OCC1(O)OC[C@@H](O)[C@@H](O)[C@@H]1O. The van der Waals surface area contributed by atoms with Crippen LogP contribution in [-0.4, -0.2) is 67.5 Å². The third kappa shape index (κ3) is 3.20. The highest BCUT2D eigenvalue weighted by molar-refractivity contribution is 7.46. The first-order valence-corrected chi connectivity index (χ1v) is 5.79. The molecule has 1 unspecified atom stereocenters. The van der Waals surface area contributed by atoms with Crippen molar-refractivity contribution in [2.24, 2.45) is 0 Å². The number of aliphatic hydroxyl groups excluding tert-OH is 3. The Morgan fingerprint density at radius 2 is 1.94 bits per heavy atom. The number of hydrogen-bond donors (Lipinski definition) is 6. The summed E-state index contributed by atoms with van der Waals surface area (Å²) < 4.78 is 18.9. The third-order valence-corrected chi connectivity index (χ3v) is 2.59. The zero-order chi connectivity index (χ0) is 12.6. The van der Waals surface area contributed by atoms with E-state index in [9.17, 15) is 19.9 Å². The lowest BCUT2D eigenvalue weighted by Crippen LogP contribution is -2.62. The van der Waals surface area contributed by atoms with Crippen LogP contribution in [0.1, 0.15) is 0 Å². The standard InChI is InChI=1S/C6H13O9P/c7-3-1-14-6(10,5(9)4(3)8)2-15-16(11,12)13/h3-5,7-10H,1-2H2,(H2,11,12,13)/t3-,4-,5+,6?/m1/s1. The van der Waals surface area contributed by atoms with E-state index in [-0.39, 0.29) is 0 Å². The molecule has 16 heavy (non-hydrogen) atoms. The minimum atomic E-state index is -4.83. The molecule has 0 saturated carbocycles. The van der Waals surface area contributed by atoms with Gasteiger partial charge in [-0.05, 0) is 0 Å². The molecular formula is C6H13O9P. The van der Waals surface area contributed by atoms with Crippen molar-refractivity contribution < 1.29 is 44.0 Å². The first-order chi connectivity index (χ1) is 7.16. The maximum absolute atomic E-state index is 10.4. The summed E-state index contributed by atoms with van der Waals surface area (Å²) in [6.45, 7) is -1.54. The molecule has 1 aliphatic heterocycles. The van der Waals surface area contributed by atoms with Gasteiger partial charge in [0.15, 0.2) is 0 Å². The molecule has 1 heterocycles. The highest BCUT2D eigenvalue weighted by Crippen LogP contribution is 2.38. The Hall–Kier alpha value is -0.0900. The Bertz CT molecular complexity index is 290. The predicted octanol–water partition coefficient (Wildman–Crippen LogP) is -3.10. The Kier molecular flexibility index (Phi) is 4.06. The first kappa shape index (κ1) is 14.0. The quantitative estimate of drug-likeness (QED) is 0.289. The number of aliphatic hydroxyl groups is 4. The van der Waals surface area contributed by atoms with Crippen LogP contribution in [0.25, 0.3) is 0 Å². The number of ether oxygens (including phenoxy) is 1. The van der Waals surface area contributed by atoms with Crippen molar-refractivity contribution in [2.45, 2.75) is 24.1 Å². The van der Waals surface area contributed by atoms with Gasteiger partial charge < -0.3 is 34.9 Å². The average molecular weight is 260 g/mol. The van der Waals surface area contributed by atoms with Crippen LogP contribution >= 0.6 is 7.82 Å². The molecular weight excluding hydrogens is 247 g/mol. The molecule has 9 nitrogen and oxygen atoms in total. The van der Waals surface area contributed by atoms with Crippen molar-refractivity contribution in [1.29, 1.82) is 0 Å². The summed E-state index contributed by atoms with van der Waals surface area (Å²) in [5.41, 5.74) is 0. The molecule has 0 aromatic heterocycles. The van der Waals surface area contributed by atoms with Crippen LogP contribution in [0.3, 0.4) is 0 Å². The van der Waals surface area contributed by atoms with E-state index in [1.807, 2.05) is 0 Å². The second-order valence-electron chi connectivity index (χ2n) is 3.42. The summed E-state index contributed by atoms with van der Waals surface area (Å²) in [7, 11) is -4.83. The van der Waals surface area contributed by atoms with Crippen LogP contribution in [0.15, 0.2) is 0 Å². The van der Waals surface area contributed by atoms with Crippen molar-refractivity contribution in [1.82, 2.24) is 0 Å². The van der Waals surface area contributed by atoms with Gasteiger partial charge in [0.25, 0.3) is 0 Å². The molecule has 0 bridgehead atoms. The minimum absolute atomic E-state index is 0.501. The molecule has 0 spiro atoms. The highest BCUT2D eigenvalue weighted by atomic mass is 31.2. The molecule has 1 saturated heterocycles. The molecule has 10 heteroatoms. The Morgan fingerprint density at radius 1 is 1.38 bits per heavy atom. The van der Waals surface area contributed by atoms with Crippen LogP contribution in [0.2, 0.25) is 0 Å². The minimum Gasteiger partial charge on any atom is -0.388 e. The maximum Gasteiger partial charge on any atom is 0.469 e. The predicted molar refractivity (Wildman–Crippen MR) is 46.9 cm³/mol. The lowest BCUT2D eigenvalue weighted by atomic mass is 9.98. The van der Waals surface area contributed by atoms with E-state index < -0.39 is 45.1 Å². The fourth-order valence-electron chi connectivity index (χ4n) is 1.19. The lowest BCUT2D eigenvalue weighted by Gasteiger charge is -2.41. The smallest absolute Gasteiger partial charge is 0.388 e. The van der Waals surface area contributed by atoms with Gasteiger partial charge in [-0.3, -0.25) is 4.52 Å². The first-order valence-electron chi connectivity index (χ1n) is 4.26. The molecule has 0 aromatic rings. The molecule has 1 rings (SSSR count). The van der Waals surface area contributed by atoms with Crippen molar-refractivity contribution in [3.05, 3.63) is 0 Å². The number of rotatable bonds is 3. The Balaban J connectivity index is 2.66. The monoisotopic (exact) mass is 260 g/mol. The normalized spacial score (nSPS) is 41.0. The summed E-state index contributed by atoms with van der Waals surface area (Å²) in [4.78, 5) is 16.8. The van der Waals surface area contributed by atoms with Gasteiger partial charge in [-0.1, -0.05) is 0 Å². The summed E-state index contributed by atoms with van der Waals surface area (Å²) >= 11 is 0. The van der Waals surface area contributed by atoms with Crippen molar-refractivity contribution in [2.75, 3.05) is 13.2 Å². The summed E-state index contributed by atoms with van der Waals surface area (Å²) in [5, 5.41) is 37.2. The second-order valence-corrected chi connectivity index (χ2v) is 4.66. The van der Waals surface area contributed by atoms with Crippen molar-refractivity contribution >= 4 is 7.82 Å². The molecule has 1 aliphatic rings. The molecule has 0 aliphatic carbocycles. The van der Waals surface area contributed by atoms with Gasteiger partial charge in [0, 0.05) is 0 Å². The third-order valence-electron chi connectivity index (χ3n) is 2.12. The molecule has 4 atom stereocenters. The maximum atomic E-state index is 10.4. The largest absolute Gasteiger partial charge is 0.469 e. The average Bonchev–Trinajstić information content (AvgIpc) is 2.18. The lowest BCUT2D eigenvalue weighted by molar-refractivity contribution is -0.329. The Morgan fingerprint density at radius 3 is 2.44 bits per heavy atom. The fraction of sp³-hybridized carbons (Fsp3) is 1.00. The van der Waals surface area contributed by atoms with Crippen LogP contribution in [0.5, 0.6) is 0 Å². The van der Waals surface area contributed by atoms with Gasteiger partial charge in [0.05, 0.1) is 6.61 Å². The molecule has 0 radical (unpaired) electrons. The van der Waals surface area contributed by atoms with E-state index in [1.54, 1.807) is 0 Å². The van der Waals surface area contributed by atoms with Gasteiger partial charge in [0.1, 0.15) is 24.9 Å². The fourth-order valence-corrected chi connectivity index (χ4v) is 1.55. The topological polar surface area (TPSA) is 157 Å². The highest BCUT2D eigenvalue weighted by Gasteiger charge is 2.49. The van der Waals surface area contributed by atoms with Crippen LogP contribution in [-0.2, 0) is 13.8 Å². The molecule has 1 fully saturated rings.